The summed E-state index contributed by atoms with van der Waals surface area (Å²) in [6, 6.07) is 0.329. The van der Waals surface area contributed by atoms with E-state index in [0.717, 1.165) is 44.2 Å². The van der Waals surface area contributed by atoms with E-state index in [9.17, 15) is 28.0 Å². The molecule has 2 atom stereocenters. The third-order valence-corrected chi connectivity index (χ3v) is 10.1. The van der Waals surface area contributed by atoms with Gasteiger partial charge in [0.1, 0.15) is 24.3 Å². The second-order valence-corrected chi connectivity index (χ2v) is 15.2. The summed E-state index contributed by atoms with van der Waals surface area (Å²) in [6.07, 6.45) is 3.82. The van der Waals surface area contributed by atoms with Gasteiger partial charge in [-0.3, -0.25) is 19.3 Å². The number of aryl methyl sites for hydroxylation is 1. The minimum Gasteiger partial charge on any atom is -0.488 e. The summed E-state index contributed by atoms with van der Waals surface area (Å²) >= 11 is 0. The van der Waals surface area contributed by atoms with Crippen LogP contribution in [0.4, 0.5) is 13.6 Å². The number of rotatable bonds is 18. The van der Waals surface area contributed by atoms with Gasteiger partial charge in [-0.15, -0.1) is 0 Å². The fourth-order valence-electron chi connectivity index (χ4n) is 6.86. The van der Waals surface area contributed by atoms with Gasteiger partial charge in [0, 0.05) is 51.7 Å². The molecule has 0 radical (unpaired) electrons. The molecule has 17 heteroatoms. The molecule has 0 unspecified atom stereocenters. The Morgan fingerprint density at radius 1 is 0.875 bits per heavy atom. The monoisotopic (exact) mass is 795 g/mol. The second kappa shape index (κ2) is 20.9. The normalized spacial score (nSPS) is 16.4. The quantitative estimate of drug-likeness (QED) is 0.214. The molecule has 1 aliphatic carbocycles. The first-order chi connectivity index (χ1) is 26.6. The molecule has 1 aromatic heterocycles. The molecule has 4 amide bonds. The highest BCUT2D eigenvalue weighted by atomic mass is 19.2. The molecule has 1 aliphatic heterocycles. The number of hydrogen-bond donors (Lipinski definition) is 2. The molecule has 0 spiro atoms. The predicted molar refractivity (Wildman–Crippen MR) is 202 cm³/mol. The van der Waals surface area contributed by atoms with Crippen LogP contribution < -0.4 is 10.1 Å². The van der Waals surface area contributed by atoms with E-state index >= 15 is 0 Å². The van der Waals surface area contributed by atoms with Crippen molar-refractivity contribution in [3.63, 3.8) is 0 Å². The van der Waals surface area contributed by atoms with Crippen molar-refractivity contribution in [3.05, 3.63) is 29.5 Å². The smallest absolute Gasteiger partial charge is 0.410 e. The zero-order chi connectivity index (χ0) is 41.0. The largest absolute Gasteiger partial charge is 0.488 e. The Hall–Kier alpha value is -4.06. The Morgan fingerprint density at radius 2 is 1.43 bits per heavy atom. The van der Waals surface area contributed by atoms with Crippen molar-refractivity contribution in [2.24, 2.45) is 13.0 Å². The standard InChI is InChI=1S/C39H59F2N5O10/c1-26(43(5)38(51)56-39(2,3)4)35(48)42-32(27-10-8-7-9-11-27)36(49)45-12-14-46(15-13-45)37(50)33-34(28-24-29(40)30(41)25-31(28)44(33)6)55-23-22-54-21-20-53-19-18-52-17-16-47/h24-27,32,47H,7-23H2,1-6H3,(H,42,48)/t26-,32-/m0/s1. The highest BCUT2D eigenvalue weighted by molar-refractivity contribution is 6.04. The molecule has 15 nitrogen and oxygen atoms in total. The number of halogens is 2. The molecular weight excluding hydrogens is 736 g/mol. The summed E-state index contributed by atoms with van der Waals surface area (Å²) in [5.41, 5.74) is -0.369. The van der Waals surface area contributed by atoms with Crippen molar-refractivity contribution in [2.75, 3.05) is 86.1 Å². The van der Waals surface area contributed by atoms with E-state index in [1.807, 2.05) is 0 Å². The van der Waals surface area contributed by atoms with E-state index in [2.05, 4.69) is 5.32 Å². The zero-order valence-corrected chi connectivity index (χ0v) is 33.6. The number of aromatic nitrogens is 1. The van der Waals surface area contributed by atoms with Crippen molar-refractivity contribution in [1.82, 2.24) is 24.6 Å². The minimum atomic E-state index is -1.08. The number of carbonyl (C=O) groups is 4. The average molecular weight is 796 g/mol. The van der Waals surface area contributed by atoms with Crippen LogP contribution in [-0.2, 0) is 35.6 Å². The maximum atomic E-state index is 14.5. The first-order valence-corrected chi connectivity index (χ1v) is 19.4. The third-order valence-electron chi connectivity index (χ3n) is 10.1. The number of carbonyl (C=O) groups excluding carboxylic acids is 4. The Morgan fingerprint density at radius 3 is 2.02 bits per heavy atom. The number of fused-ring (bicyclic) bond motifs is 1. The van der Waals surface area contributed by atoms with E-state index in [0.29, 0.717) is 19.8 Å². The van der Waals surface area contributed by atoms with Crippen LogP contribution in [0.25, 0.3) is 10.9 Å². The van der Waals surface area contributed by atoms with Gasteiger partial charge in [-0.05, 0) is 52.5 Å². The SMILES string of the molecule is C[C@@H](C(=O)N[C@H](C(=O)N1CCN(C(=O)c2c(OCCOCCOCCOCCO)c3cc(F)c(F)cc3n2C)CC1)C1CCCCC1)N(C)C(=O)OC(C)(C)C. The van der Waals surface area contributed by atoms with Crippen molar-refractivity contribution in [2.45, 2.75) is 77.5 Å². The maximum Gasteiger partial charge on any atom is 0.410 e. The number of hydrogen-bond acceptors (Lipinski definition) is 10. The van der Waals surface area contributed by atoms with Crippen LogP contribution in [0.5, 0.6) is 5.75 Å². The van der Waals surface area contributed by atoms with Crippen molar-refractivity contribution < 1.29 is 56.7 Å². The van der Waals surface area contributed by atoms with Gasteiger partial charge in [0.15, 0.2) is 23.1 Å². The van der Waals surface area contributed by atoms with Crippen LogP contribution >= 0.6 is 0 Å². The minimum absolute atomic E-state index is 0.0146. The van der Waals surface area contributed by atoms with E-state index in [4.69, 9.17) is 28.8 Å². The molecule has 1 saturated heterocycles. The fourth-order valence-corrected chi connectivity index (χ4v) is 6.86. The van der Waals surface area contributed by atoms with Gasteiger partial charge in [0.2, 0.25) is 11.8 Å². The molecule has 2 aliphatic rings. The van der Waals surface area contributed by atoms with Crippen LogP contribution in [0.2, 0.25) is 0 Å². The van der Waals surface area contributed by atoms with E-state index in [-0.39, 0.29) is 93.4 Å². The number of nitrogens with zero attached hydrogens (tertiary/aromatic N) is 4. The summed E-state index contributed by atoms with van der Waals surface area (Å²) in [5.74, 6) is -3.27. The maximum absolute atomic E-state index is 14.5. The van der Waals surface area contributed by atoms with Gasteiger partial charge < -0.3 is 48.5 Å². The summed E-state index contributed by atoms with van der Waals surface area (Å²) in [6.45, 7) is 9.13. The van der Waals surface area contributed by atoms with Gasteiger partial charge in [0.05, 0.1) is 51.8 Å². The zero-order valence-electron chi connectivity index (χ0n) is 33.6. The van der Waals surface area contributed by atoms with Gasteiger partial charge in [-0.25, -0.2) is 13.6 Å². The highest BCUT2D eigenvalue weighted by Gasteiger charge is 2.38. The summed E-state index contributed by atoms with van der Waals surface area (Å²) in [5, 5.41) is 11.9. The first kappa shape index (κ1) is 44.7. The Labute approximate surface area is 327 Å². The molecule has 0 bridgehead atoms. The molecule has 2 fully saturated rings. The molecule has 2 heterocycles. The van der Waals surface area contributed by atoms with Crippen LogP contribution in [0, 0.1) is 17.6 Å². The summed E-state index contributed by atoms with van der Waals surface area (Å²) in [7, 11) is 3.06. The first-order valence-electron chi connectivity index (χ1n) is 19.4. The highest BCUT2D eigenvalue weighted by Crippen LogP contribution is 2.35. The van der Waals surface area contributed by atoms with Gasteiger partial charge >= 0.3 is 6.09 Å². The fraction of sp³-hybridized carbons (Fsp3) is 0.692. The Bertz CT molecular complexity index is 1640. The average Bonchev–Trinajstić information content (AvgIpc) is 3.43. The lowest BCUT2D eigenvalue weighted by Gasteiger charge is -2.39. The van der Waals surface area contributed by atoms with Gasteiger partial charge in [-0.2, -0.15) is 0 Å². The van der Waals surface area contributed by atoms with E-state index in [1.54, 1.807) is 44.5 Å². The molecule has 1 saturated carbocycles. The van der Waals surface area contributed by atoms with Gasteiger partial charge in [0.25, 0.3) is 5.91 Å². The van der Waals surface area contributed by atoms with Crippen LogP contribution in [-0.4, -0.2) is 152 Å². The van der Waals surface area contributed by atoms with Crippen molar-refractivity contribution in [1.29, 1.82) is 0 Å². The Kier molecular flexibility index (Phi) is 16.7. The molecule has 314 valence electrons. The lowest BCUT2D eigenvalue weighted by atomic mass is 9.83. The van der Waals surface area contributed by atoms with Gasteiger partial charge in [-0.1, -0.05) is 19.3 Å². The van der Waals surface area contributed by atoms with Crippen LogP contribution in [0.15, 0.2) is 12.1 Å². The number of benzene rings is 1. The molecule has 2 N–H and O–H groups in total. The number of nitrogens with one attached hydrogen (secondary N) is 1. The number of likely N-dealkylation sites (N-methyl/N-ethyl adjacent to an activating group) is 1. The number of ether oxygens (including phenoxy) is 5. The van der Waals surface area contributed by atoms with E-state index in [1.165, 1.54) is 16.5 Å². The number of aliphatic hydroxyl groups excluding tert-OH is 1. The lowest BCUT2D eigenvalue weighted by molar-refractivity contribution is -0.140. The second-order valence-electron chi connectivity index (χ2n) is 15.2. The number of amides is 4. The van der Waals surface area contributed by atoms with Crippen LogP contribution in [0.1, 0.15) is 70.3 Å². The predicted octanol–water partition coefficient (Wildman–Crippen LogP) is 3.48. The molecule has 56 heavy (non-hydrogen) atoms. The van der Waals surface area contributed by atoms with Crippen LogP contribution in [0.3, 0.4) is 0 Å². The number of piperazine rings is 1. The molecule has 2 aromatic rings. The van der Waals surface area contributed by atoms with E-state index < -0.39 is 47.2 Å². The molecular formula is C39H59F2N5O10. The third kappa shape index (κ3) is 12.0. The summed E-state index contributed by atoms with van der Waals surface area (Å²) in [4.78, 5) is 58.9. The lowest BCUT2D eigenvalue weighted by Crippen LogP contribution is -2.59. The summed E-state index contributed by atoms with van der Waals surface area (Å²) < 4.78 is 57.9. The molecule has 1 aromatic carbocycles. The topological polar surface area (TPSA) is 161 Å². The van der Waals surface area contributed by atoms with Crippen molar-refractivity contribution >= 4 is 34.7 Å². The number of aliphatic hydroxyl groups is 1. The molecule has 4 rings (SSSR count). The Balaban J connectivity index is 1.41. The van der Waals surface area contributed by atoms with Crippen molar-refractivity contribution in [3.8, 4) is 5.75 Å².